The third kappa shape index (κ3) is 2.86. The number of nitrogens with zero attached hydrogens (tertiary/aromatic N) is 3. The SMILES string of the molecule is Cc1ccc(C(=O)N(C)C(C)c2cccnc2)c(=O)n1C. The van der Waals surface area contributed by atoms with Gasteiger partial charge in [-0.3, -0.25) is 14.6 Å². The lowest BCUT2D eigenvalue weighted by Gasteiger charge is -2.25. The minimum Gasteiger partial charge on any atom is -0.335 e. The lowest BCUT2D eigenvalue weighted by molar-refractivity contribution is 0.0740. The number of carbonyl (C=O) groups is 1. The Morgan fingerprint density at radius 3 is 2.67 bits per heavy atom. The van der Waals surface area contributed by atoms with E-state index in [-0.39, 0.29) is 23.1 Å². The Balaban J connectivity index is 2.32. The Bertz CT molecular complexity index is 707. The molecule has 0 saturated heterocycles. The van der Waals surface area contributed by atoms with Crippen molar-refractivity contribution in [3.63, 3.8) is 0 Å². The van der Waals surface area contributed by atoms with Gasteiger partial charge in [0.1, 0.15) is 5.56 Å². The van der Waals surface area contributed by atoms with Gasteiger partial charge in [0, 0.05) is 32.2 Å². The molecular formula is C16H19N3O2. The van der Waals surface area contributed by atoms with Crippen LogP contribution in [0.5, 0.6) is 0 Å². The summed E-state index contributed by atoms with van der Waals surface area (Å²) in [5, 5.41) is 0. The Morgan fingerprint density at radius 2 is 2.05 bits per heavy atom. The Kier molecular flexibility index (Phi) is 4.21. The first-order valence-corrected chi connectivity index (χ1v) is 6.77. The minimum absolute atomic E-state index is 0.155. The molecule has 21 heavy (non-hydrogen) atoms. The summed E-state index contributed by atoms with van der Waals surface area (Å²) in [5.41, 5.74) is 1.66. The van der Waals surface area contributed by atoms with Gasteiger partial charge in [0.2, 0.25) is 0 Å². The second-order valence-electron chi connectivity index (χ2n) is 5.13. The quantitative estimate of drug-likeness (QED) is 0.865. The molecule has 0 saturated carbocycles. The van der Waals surface area contributed by atoms with Gasteiger partial charge in [-0.05, 0) is 37.6 Å². The van der Waals surface area contributed by atoms with E-state index in [1.165, 1.54) is 4.57 Å². The zero-order chi connectivity index (χ0) is 15.6. The van der Waals surface area contributed by atoms with Gasteiger partial charge in [-0.2, -0.15) is 0 Å². The molecule has 1 amide bonds. The van der Waals surface area contributed by atoms with Crippen molar-refractivity contribution in [2.45, 2.75) is 19.9 Å². The van der Waals surface area contributed by atoms with Crippen LogP contribution in [0.2, 0.25) is 0 Å². The topological polar surface area (TPSA) is 55.2 Å². The average Bonchev–Trinajstić information content (AvgIpc) is 2.51. The van der Waals surface area contributed by atoms with E-state index in [1.54, 1.807) is 43.5 Å². The number of hydrogen-bond acceptors (Lipinski definition) is 3. The van der Waals surface area contributed by atoms with E-state index < -0.39 is 0 Å². The minimum atomic E-state index is -0.285. The van der Waals surface area contributed by atoms with Crippen molar-refractivity contribution in [3.8, 4) is 0 Å². The van der Waals surface area contributed by atoms with E-state index in [9.17, 15) is 9.59 Å². The number of amides is 1. The fraction of sp³-hybridized carbons (Fsp3) is 0.312. The highest BCUT2D eigenvalue weighted by atomic mass is 16.2. The molecule has 5 nitrogen and oxygen atoms in total. The molecule has 1 atom stereocenters. The van der Waals surface area contributed by atoms with E-state index in [1.807, 2.05) is 26.0 Å². The van der Waals surface area contributed by atoms with Crippen molar-refractivity contribution >= 4 is 5.91 Å². The second-order valence-corrected chi connectivity index (χ2v) is 5.13. The van der Waals surface area contributed by atoms with Crippen LogP contribution in [0.4, 0.5) is 0 Å². The standard InChI is InChI=1S/C16H19N3O2/c1-11-7-8-14(15(20)18(11)3)16(21)19(4)12(2)13-6-5-9-17-10-13/h5-10,12H,1-4H3. The van der Waals surface area contributed by atoms with Gasteiger partial charge in [0.25, 0.3) is 11.5 Å². The number of pyridine rings is 2. The van der Waals surface area contributed by atoms with E-state index in [0.29, 0.717) is 0 Å². The lowest BCUT2D eigenvalue weighted by Crippen LogP contribution is -2.35. The number of rotatable bonds is 3. The third-order valence-corrected chi connectivity index (χ3v) is 3.85. The van der Waals surface area contributed by atoms with Crippen LogP contribution >= 0.6 is 0 Å². The zero-order valence-corrected chi connectivity index (χ0v) is 12.7. The van der Waals surface area contributed by atoms with Crippen LogP contribution in [0.15, 0.2) is 41.5 Å². The first-order chi connectivity index (χ1) is 9.93. The molecule has 0 bridgehead atoms. The second kappa shape index (κ2) is 5.91. The molecule has 2 rings (SSSR count). The number of hydrogen-bond donors (Lipinski definition) is 0. The van der Waals surface area contributed by atoms with Gasteiger partial charge < -0.3 is 9.47 Å². The predicted molar refractivity (Wildman–Crippen MR) is 81.2 cm³/mol. The van der Waals surface area contributed by atoms with Gasteiger partial charge in [0.05, 0.1) is 6.04 Å². The molecule has 0 N–H and O–H groups in total. The molecule has 0 aliphatic carbocycles. The van der Waals surface area contributed by atoms with Gasteiger partial charge in [0.15, 0.2) is 0 Å². The average molecular weight is 285 g/mol. The molecule has 0 aromatic carbocycles. The van der Waals surface area contributed by atoms with E-state index >= 15 is 0 Å². The molecule has 2 aromatic heterocycles. The maximum atomic E-state index is 12.5. The van der Waals surface area contributed by atoms with E-state index in [4.69, 9.17) is 0 Å². The van der Waals surface area contributed by atoms with Crippen LogP contribution in [0.3, 0.4) is 0 Å². The Hall–Kier alpha value is -2.43. The molecule has 0 spiro atoms. The summed E-state index contributed by atoms with van der Waals surface area (Å²) in [7, 11) is 3.36. The highest BCUT2D eigenvalue weighted by Crippen LogP contribution is 2.18. The molecule has 0 fully saturated rings. The van der Waals surface area contributed by atoms with Crippen molar-refractivity contribution in [1.29, 1.82) is 0 Å². The van der Waals surface area contributed by atoms with Gasteiger partial charge in [-0.15, -0.1) is 0 Å². The van der Waals surface area contributed by atoms with E-state index in [2.05, 4.69) is 4.98 Å². The van der Waals surface area contributed by atoms with Crippen LogP contribution in [0, 0.1) is 6.92 Å². The van der Waals surface area contributed by atoms with Crippen LogP contribution in [-0.2, 0) is 7.05 Å². The van der Waals surface area contributed by atoms with Gasteiger partial charge >= 0.3 is 0 Å². The maximum absolute atomic E-state index is 12.5. The largest absolute Gasteiger partial charge is 0.335 e. The number of aryl methyl sites for hydroxylation is 1. The summed E-state index contributed by atoms with van der Waals surface area (Å²) in [6.07, 6.45) is 3.41. The molecule has 1 unspecified atom stereocenters. The van der Waals surface area contributed by atoms with E-state index in [0.717, 1.165) is 11.3 Å². The number of aromatic nitrogens is 2. The Morgan fingerprint density at radius 1 is 1.33 bits per heavy atom. The van der Waals surface area contributed by atoms with Crippen LogP contribution in [0.25, 0.3) is 0 Å². The molecule has 2 aromatic rings. The zero-order valence-electron chi connectivity index (χ0n) is 12.7. The third-order valence-electron chi connectivity index (χ3n) is 3.85. The summed E-state index contributed by atoms with van der Waals surface area (Å²) in [5.74, 6) is -0.285. The summed E-state index contributed by atoms with van der Waals surface area (Å²) in [4.78, 5) is 30.4. The smallest absolute Gasteiger partial charge is 0.263 e. The molecule has 0 radical (unpaired) electrons. The highest BCUT2D eigenvalue weighted by Gasteiger charge is 2.21. The Labute approximate surface area is 123 Å². The predicted octanol–water partition coefficient (Wildman–Crippen LogP) is 1.92. The fourth-order valence-corrected chi connectivity index (χ4v) is 2.10. The van der Waals surface area contributed by atoms with Crippen molar-refractivity contribution in [2.75, 3.05) is 7.05 Å². The summed E-state index contributed by atoms with van der Waals surface area (Å²) in [6, 6.07) is 6.95. The van der Waals surface area contributed by atoms with Gasteiger partial charge in [-0.1, -0.05) is 6.07 Å². The normalized spacial score (nSPS) is 12.0. The molecule has 5 heteroatoms. The van der Waals surface area contributed by atoms with Crippen molar-refractivity contribution in [1.82, 2.24) is 14.5 Å². The lowest BCUT2D eigenvalue weighted by atomic mass is 10.1. The maximum Gasteiger partial charge on any atom is 0.263 e. The monoisotopic (exact) mass is 285 g/mol. The van der Waals surface area contributed by atoms with Crippen molar-refractivity contribution in [3.05, 3.63) is 63.8 Å². The summed E-state index contributed by atoms with van der Waals surface area (Å²) in [6.45, 7) is 3.74. The molecule has 0 aliphatic heterocycles. The number of carbonyl (C=O) groups excluding carboxylic acids is 1. The molecule has 2 heterocycles. The van der Waals surface area contributed by atoms with Crippen molar-refractivity contribution in [2.24, 2.45) is 7.05 Å². The van der Waals surface area contributed by atoms with Crippen LogP contribution in [0.1, 0.15) is 34.6 Å². The van der Waals surface area contributed by atoms with Crippen LogP contribution in [-0.4, -0.2) is 27.4 Å². The first kappa shape index (κ1) is 15.0. The first-order valence-electron chi connectivity index (χ1n) is 6.77. The fourth-order valence-electron chi connectivity index (χ4n) is 2.10. The van der Waals surface area contributed by atoms with Gasteiger partial charge in [-0.25, -0.2) is 0 Å². The summed E-state index contributed by atoms with van der Waals surface area (Å²) < 4.78 is 1.48. The molecular weight excluding hydrogens is 266 g/mol. The van der Waals surface area contributed by atoms with Crippen molar-refractivity contribution < 1.29 is 4.79 Å². The van der Waals surface area contributed by atoms with Crippen LogP contribution < -0.4 is 5.56 Å². The molecule has 0 aliphatic rings. The molecule has 110 valence electrons. The highest BCUT2D eigenvalue weighted by molar-refractivity contribution is 5.94. The summed E-state index contributed by atoms with van der Waals surface area (Å²) >= 11 is 0.